The van der Waals surface area contributed by atoms with Crippen molar-refractivity contribution in [2.45, 2.75) is 18.9 Å². The van der Waals surface area contributed by atoms with Gasteiger partial charge in [-0.05, 0) is 43.2 Å². The maximum atomic E-state index is 12.6. The number of H-pyrrole nitrogens is 2. The molecule has 1 fully saturated rings. The molecule has 26 heavy (non-hydrogen) atoms. The van der Waals surface area contributed by atoms with Gasteiger partial charge in [-0.1, -0.05) is 11.6 Å². The monoisotopic (exact) mass is 371 g/mol. The first-order valence-corrected chi connectivity index (χ1v) is 8.86. The highest BCUT2D eigenvalue weighted by Gasteiger charge is 2.23. The fourth-order valence-electron chi connectivity index (χ4n) is 3.31. The number of hydrogen-bond donors (Lipinski definition) is 3. The van der Waals surface area contributed by atoms with Crippen LogP contribution >= 0.6 is 11.6 Å². The number of nitrogens with zero attached hydrogens (tertiary/aromatic N) is 2. The molecule has 1 aliphatic heterocycles. The van der Waals surface area contributed by atoms with Crippen LogP contribution in [-0.2, 0) is 0 Å². The molecule has 7 nitrogen and oxygen atoms in total. The molecule has 1 aliphatic rings. The van der Waals surface area contributed by atoms with Gasteiger partial charge in [0.15, 0.2) is 0 Å². The summed E-state index contributed by atoms with van der Waals surface area (Å²) >= 11 is 6.00. The molecule has 0 radical (unpaired) electrons. The summed E-state index contributed by atoms with van der Waals surface area (Å²) in [6.07, 6.45) is 1.84. The van der Waals surface area contributed by atoms with E-state index in [1.807, 2.05) is 12.1 Å². The lowest BCUT2D eigenvalue weighted by molar-refractivity contribution is 0.0929. The minimum atomic E-state index is -0.227. The van der Waals surface area contributed by atoms with Crippen molar-refractivity contribution in [3.8, 4) is 0 Å². The molecular formula is C18H18ClN5O2. The highest BCUT2D eigenvalue weighted by Crippen LogP contribution is 2.21. The number of halogens is 1. The Labute approximate surface area is 154 Å². The van der Waals surface area contributed by atoms with Crippen LogP contribution in [-0.4, -0.2) is 40.2 Å². The van der Waals surface area contributed by atoms with E-state index < -0.39 is 0 Å². The Balaban J connectivity index is 1.46. The van der Waals surface area contributed by atoms with Crippen LogP contribution in [0, 0.1) is 0 Å². The van der Waals surface area contributed by atoms with E-state index in [4.69, 9.17) is 11.6 Å². The third-order valence-corrected chi connectivity index (χ3v) is 4.81. The molecule has 8 heteroatoms. The van der Waals surface area contributed by atoms with E-state index in [0.717, 1.165) is 30.3 Å². The molecule has 0 spiro atoms. The third kappa shape index (κ3) is 3.43. The predicted octanol–water partition coefficient (Wildman–Crippen LogP) is 2.30. The van der Waals surface area contributed by atoms with Crippen LogP contribution in [0.5, 0.6) is 0 Å². The lowest BCUT2D eigenvalue weighted by Gasteiger charge is -2.33. The number of benzene rings is 1. The van der Waals surface area contributed by atoms with Gasteiger partial charge in [0.05, 0.1) is 0 Å². The number of anilines is 1. The molecule has 2 aromatic heterocycles. The smallest absolute Gasteiger partial charge is 0.268 e. The predicted molar refractivity (Wildman–Crippen MR) is 101 cm³/mol. The van der Waals surface area contributed by atoms with Crippen molar-refractivity contribution in [2.24, 2.45) is 0 Å². The molecule has 1 aromatic carbocycles. The Morgan fingerprint density at radius 1 is 1.27 bits per heavy atom. The van der Waals surface area contributed by atoms with Crippen molar-refractivity contribution in [3.05, 3.63) is 57.5 Å². The number of aromatic nitrogens is 3. The van der Waals surface area contributed by atoms with Crippen LogP contribution in [0.25, 0.3) is 10.9 Å². The first kappa shape index (κ1) is 16.7. The number of carbonyl (C=O) groups excluding carboxylic acids is 1. The Hall–Kier alpha value is -2.80. The number of rotatable bonds is 3. The van der Waals surface area contributed by atoms with E-state index in [1.54, 1.807) is 18.2 Å². The van der Waals surface area contributed by atoms with Gasteiger partial charge in [0, 0.05) is 41.1 Å². The number of amides is 1. The van der Waals surface area contributed by atoms with Crippen molar-refractivity contribution >= 4 is 34.2 Å². The van der Waals surface area contributed by atoms with Crippen molar-refractivity contribution in [1.29, 1.82) is 0 Å². The van der Waals surface area contributed by atoms with E-state index in [1.165, 1.54) is 6.07 Å². The van der Waals surface area contributed by atoms with Gasteiger partial charge in [-0.2, -0.15) is 5.10 Å². The average Bonchev–Trinajstić information content (AvgIpc) is 3.06. The maximum Gasteiger partial charge on any atom is 0.268 e. The first-order valence-electron chi connectivity index (χ1n) is 8.48. The highest BCUT2D eigenvalue weighted by molar-refractivity contribution is 6.31. The van der Waals surface area contributed by atoms with Gasteiger partial charge in [0.2, 0.25) is 0 Å². The van der Waals surface area contributed by atoms with Gasteiger partial charge in [0.1, 0.15) is 11.5 Å². The molecule has 1 amide bonds. The summed E-state index contributed by atoms with van der Waals surface area (Å²) < 4.78 is 0. The maximum absolute atomic E-state index is 12.6. The zero-order valence-corrected chi connectivity index (χ0v) is 14.7. The third-order valence-electron chi connectivity index (χ3n) is 4.57. The van der Waals surface area contributed by atoms with Crippen LogP contribution in [0.15, 0.2) is 41.2 Å². The summed E-state index contributed by atoms with van der Waals surface area (Å²) in [5.41, 5.74) is 1.17. The van der Waals surface area contributed by atoms with Gasteiger partial charge in [-0.3, -0.25) is 9.59 Å². The molecule has 1 unspecified atom stereocenters. The normalized spacial score (nSPS) is 17.4. The second-order valence-corrected chi connectivity index (χ2v) is 6.89. The van der Waals surface area contributed by atoms with E-state index >= 15 is 0 Å². The zero-order valence-electron chi connectivity index (χ0n) is 14.0. The van der Waals surface area contributed by atoms with E-state index in [9.17, 15) is 9.59 Å². The largest absolute Gasteiger partial charge is 0.353 e. The molecule has 4 rings (SSSR count). The molecule has 3 aromatic rings. The number of hydrogen-bond acceptors (Lipinski definition) is 4. The second kappa shape index (κ2) is 6.84. The summed E-state index contributed by atoms with van der Waals surface area (Å²) in [5, 5.41) is 11.1. The topological polar surface area (TPSA) is 93.9 Å². The second-order valence-electron chi connectivity index (χ2n) is 6.45. The Morgan fingerprint density at radius 2 is 2.15 bits per heavy atom. The Bertz CT molecular complexity index is 992. The summed E-state index contributed by atoms with van der Waals surface area (Å²) in [7, 11) is 0. The molecule has 134 valence electrons. The van der Waals surface area contributed by atoms with Crippen molar-refractivity contribution in [3.63, 3.8) is 0 Å². The molecule has 3 heterocycles. The quantitative estimate of drug-likeness (QED) is 0.658. The number of nitrogens with one attached hydrogen (secondary N) is 3. The van der Waals surface area contributed by atoms with Gasteiger partial charge in [0.25, 0.3) is 11.5 Å². The van der Waals surface area contributed by atoms with Crippen LogP contribution in [0.1, 0.15) is 23.3 Å². The standard InChI is InChI=1S/C18H18ClN5O2/c19-12-3-4-14-11(8-12)9-15(21-14)18(26)20-13-2-1-7-24(10-13)16-5-6-17(25)23-22-16/h3-6,8-9,13,21H,1-2,7,10H2,(H,20,26)(H,23,25). The van der Waals surface area contributed by atoms with Gasteiger partial charge in [-0.25, -0.2) is 5.10 Å². The SMILES string of the molecule is O=C(NC1CCCN(c2ccc(=O)[nH]n2)C1)c1cc2cc(Cl)ccc2[nH]1. The van der Waals surface area contributed by atoms with Gasteiger partial charge < -0.3 is 15.2 Å². The number of piperidine rings is 1. The molecular weight excluding hydrogens is 354 g/mol. The van der Waals surface area contributed by atoms with Crippen molar-refractivity contribution in [1.82, 2.24) is 20.5 Å². The minimum Gasteiger partial charge on any atom is -0.353 e. The number of fused-ring (bicyclic) bond motifs is 1. The lowest BCUT2D eigenvalue weighted by Crippen LogP contribution is -2.48. The molecule has 1 saturated heterocycles. The molecule has 0 aliphatic carbocycles. The first-order chi connectivity index (χ1) is 12.6. The Kier molecular flexibility index (Phi) is 4.38. The molecule has 0 bridgehead atoms. The fraction of sp³-hybridized carbons (Fsp3) is 0.278. The van der Waals surface area contributed by atoms with Crippen LogP contribution in [0.2, 0.25) is 5.02 Å². The minimum absolute atomic E-state index is 0.0139. The van der Waals surface area contributed by atoms with Crippen LogP contribution < -0.4 is 15.8 Å². The average molecular weight is 372 g/mol. The lowest BCUT2D eigenvalue weighted by atomic mass is 10.1. The molecule has 1 atom stereocenters. The van der Waals surface area contributed by atoms with E-state index in [0.29, 0.717) is 23.1 Å². The van der Waals surface area contributed by atoms with Crippen molar-refractivity contribution < 1.29 is 4.79 Å². The number of carbonyl (C=O) groups is 1. The summed E-state index contributed by atoms with van der Waals surface area (Å²) in [5.74, 6) is 0.572. The van der Waals surface area contributed by atoms with E-state index in [2.05, 4.69) is 25.4 Å². The zero-order chi connectivity index (χ0) is 18.1. The highest BCUT2D eigenvalue weighted by atomic mass is 35.5. The van der Waals surface area contributed by atoms with Gasteiger partial charge >= 0.3 is 0 Å². The summed E-state index contributed by atoms with van der Waals surface area (Å²) in [4.78, 5) is 28.9. The Morgan fingerprint density at radius 3 is 2.96 bits per heavy atom. The van der Waals surface area contributed by atoms with Crippen molar-refractivity contribution in [2.75, 3.05) is 18.0 Å². The molecule has 0 saturated carbocycles. The van der Waals surface area contributed by atoms with Crippen LogP contribution in [0.4, 0.5) is 5.82 Å². The summed E-state index contributed by atoms with van der Waals surface area (Å²) in [6.45, 7) is 1.49. The number of aromatic amines is 2. The summed E-state index contributed by atoms with van der Waals surface area (Å²) in [6, 6.07) is 10.5. The van der Waals surface area contributed by atoms with E-state index in [-0.39, 0.29) is 17.5 Å². The fourth-order valence-corrected chi connectivity index (χ4v) is 3.49. The van der Waals surface area contributed by atoms with Gasteiger partial charge in [-0.15, -0.1) is 0 Å². The molecule has 3 N–H and O–H groups in total. The van der Waals surface area contributed by atoms with Crippen LogP contribution in [0.3, 0.4) is 0 Å².